The Morgan fingerprint density at radius 2 is 2.08 bits per heavy atom. The van der Waals surface area contributed by atoms with Gasteiger partial charge in [-0.2, -0.15) is 0 Å². The molecule has 0 aliphatic carbocycles. The Morgan fingerprint density at radius 1 is 1.42 bits per heavy atom. The molecule has 0 saturated carbocycles. The molecule has 1 atom stereocenters. The maximum atomic E-state index is 13.9. The fraction of sp³-hybridized carbons (Fsp3) is 1.00. The summed E-state index contributed by atoms with van der Waals surface area (Å²) in [7, 11) is 0. The molecule has 0 spiro atoms. The molecule has 1 aliphatic heterocycles. The van der Waals surface area contributed by atoms with Crippen LogP contribution in [0, 0.1) is 0 Å². The number of alkyl halides is 1. The highest BCUT2D eigenvalue weighted by atomic mass is 19.1. The molecule has 1 aliphatic rings. The van der Waals surface area contributed by atoms with Crippen LogP contribution in [0.2, 0.25) is 0 Å². The van der Waals surface area contributed by atoms with Gasteiger partial charge in [-0.25, -0.2) is 4.39 Å². The molecule has 1 unspecified atom stereocenters. The second-order valence-electron chi connectivity index (χ2n) is 3.79. The quantitative estimate of drug-likeness (QED) is 0.563. The minimum absolute atomic E-state index is 0.252. The van der Waals surface area contributed by atoms with E-state index in [0.29, 0.717) is 26.2 Å². The molecular weight excluding hydrogens is 157 g/mol. The van der Waals surface area contributed by atoms with Crippen molar-refractivity contribution in [3.8, 4) is 0 Å². The molecule has 12 heavy (non-hydrogen) atoms. The van der Waals surface area contributed by atoms with E-state index in [1.165, 1.54) is 0 Å². The van der Waals surface area contributed by atoms with Crippen molar-refractivity contribution < 1.29 is 9.13 Å². The number of nitrogens with zero attached hydrogens (tertiary/aromatic N) is 1. The van der Waals surface area contributed by atoms with Gasteiger partial charge in [0.25, 0.3) is 0 Å². The van der Waals surface area contributed by atoms with Crippen molar-refractivity contribution in [3.05, 3.63) is 0 Å². The van der Waals surface area contributed by atoms with E-state index in [-0.39, 0.29) is 6.04 Å². The van der Waals surface area contributed by atoms with Gasteiger partial charge in [0.15, 0.2) is 5.79 Å². The molecule has 0 N–H and O–H groups in total. The molecule has 0 bridgehead atoms. The summed E-state index contributed by atoms with van der Waals surface area (Å²) in [6.45, 7) is 7.56. The lowest BCUT2D eigenvalue weighted by molar-refractivity contribution is -0.0354. The summed E-state index contributed by atoms with van der Waals surface area (Å²) in [5.74, 6) is -1.19. The van der Waals surface area contributed by atoms with Gasteiger partial charge in [0.1, 0.15) is 0 Å². The minimum Gasteiger partial charge on any atom is -0.380 e. The third kappa shape index (κ3) is 2.17. The Hall–Kier alpha value is -0.150. The van der Waals surface area contributed by atoms with E-state index in [0.717, 1.165) is 0 Å². The average molecular weight is 175 g/mol. The first kappa shape index (κ1) is 9.93. The maximum Gasteiger partial charge on any atom is 0.163 e. The SMILES string of the molecule is CC(C)N1CCOCCC1(C)F. The lowest BCUT2D eigenvalue weighted by atomic mass is 10.1. The third-order valence-corrected chi connectivity index (χ3v) is 2.40. The first-order valence-electron chi connectivity index (χ1n) is 4.57. The maximum absolute atomic E-state index is 13.9. The molecule has 0 aromatic rings. The second kappa shape index (κ2) is 3.71. The zero-order chi connectivity index (χ0) is 9.19. The summed E-state index contributed by atoms with van der Waals surface area (Å²) in [4.78, 5) is 1.86. The Morgan fingerprint density at radius 3 is 2.67 bits per heavy atom. The van der Waals surface area contributed by atoms with Crippen LogP contribution in [-0.2, 0) is 4.74 Å². The van der Waals surface area contributed by atoms with Crippen LogP contribution in [0.1, 0.15) is 27.2 Å². The van der Waals surface area contributed by atoms with E-state index in [1.807, 2.05) is 18.7 Å². The first-order chi connectivity index (χ1) is 5.54. The normalized spacial score (nSPS) is 33.8. The van der Waals surface area contributed by atoms with Crippen LogP contribution in [-0.4, -0.2) is 36.5 Å². The number of hydrogen-bond donors (Lipinski definition) is 0. The number of halogens is 1. The lowest BCUT2D eigenvalue weighted by Gasteiger charge is -2.35. The second-order valence-corrected chi connectivity index (χ2v) is 3.79. The average Bonchev–Trinajstić information content (AvgIpc) is 2.09. The van der Waals surface area contributed by atoms with Crippen molar-refractivity contribution in [3.63, 3.8) is 0 Å². The molecule has 0 radical (unpaired) electrons. The monoisotopic (exact) mass is 175 g/mol. The standard InChI is InChI=1S/C9H18FNO/c1-8(2)11-5-7-12-6-4-9(11,3)10/h8H,4-7H2,1-3H3. The Balaban J connectivity index is 2.65. The van der Waals surface area contributed by atoms with E-state index in [1.54, 1.807) is 6.92 Å². The van der Waals surface area contributed by atoms with Gasteiger partial charge >= 0.3 is 0 Å². The van der Waals surface area contributed by atoms with Gasteiger partial charge in [0, 0.05) is 19.0 Å². The van der Waals surface area contributed by atoms with Gasteiger partial charge in [-0.05, 0) is 20.8 Å². The number of rotatable bonds is 1. The van der Waals surface area contributed by atoms with Crippen LogP contribution in [0.3, 0.4) is 0 Å². The van der Waals surface area contributed by atoms with Crippen molar-refractivity contribution in [1.29, 1.82) is 0 Å². The molecule has 0 aromatic carbocycles. The Bertz CT molecular complexity index is 147. The van der Waals surface area contributed by atoms with Crippen molar-refractivity contribution in [2.75, 3.05) is 19.8 Å². The zero-order valence-corrected chi connectivity index (χ0v) is 8.14. The van der Waals surface area contributed by atoms with E-state index < -0.39 is 5.79 Å². The van der Waals surface area contributed by atoms with Gasteiger partial charge < -0.3 is 4.74 Å². The summed E-state index contributed by atoms with van der Waals surface area (Å²) in [5.41, 5.74) is 0. The molecule has 1 saturated heterocycles. The third-order valence-electron chi connectivity index (χ3n) is 2.40. The van der Waals surface area contributed by atoms with Gasteiger partial charge in [-0.3, -0.25) is 4.90 Å². The predicted molar refractivity (Wildman–Crippen MR) is 46.8 cm³/mol. The molecule has 1 fully saturated rings. The molecule has 0 amide bonds. The van der Waals surface area contributed by atoms with Crippen LogP contribution in [0.25, 0.3) is 0 Å². The highest BCUT2D eigenvalue weighted by Gasteiger charge is 2.34. The zero-order valence-electron chi connectivity index (χ0n) is 8.14. The molecule has 1 heterocycles. The summed E-state index contributed by atoms with van der Waals surface area (Å²) in [6, 6.07) is 0.252. The van der Waals surface area contributed by atoms with Crippen molar-refractivity contribution in [1.82, 2.24) is 4.90 Å². The topological polar surface area (TPSA) is 12.5 Å². The van der Waals surface area contributed by atoms with Gasteiger partial charge in [-0.15, -0.1) is 0 Å². The van der Waals surface area contributed by atoms with E-state index in [9.17, 15) is 4.39 Å². The van der Waals surface area contributed by atoms with Crippen LogP contribution >= 0.6 is 0 Å². The van der Waals surface area contributed by atoms with Crippen LogP contribution in [0.5, 0.6) is 0 Å². The van der Waals surface area contributed by atoms with E-state index in [4.69, 9.17) is 4.74 Å². The lowest BCUT2D eigenvalue weighted by Crippen LogP contribution is -2.47. The highest BCUT2D eigenvalue weighted by molar-refractivity contribution is 4.79. The minimum atomic E-state index is -1.19. The predicted octanol–water partition coefficient (Wildman–Crippen LogP) is 1.80. The Kier molecular flexibility index (Phi) is 3.07. The largest absolute Gasteiger partial charge is 0.380 e. The molecule has 0 aromatic heterocycles. The van der Waals surface area contributed by atoms with Crippen molar-refractivity contribution >= 4 is 0 Å². The van der Waals surface area contributed by atoms with Crippen LogP contribution in [0.15, 0.2) is 0 Å². The van der Waals surface area contributed by atoms with Gasteiger partial charge in [0.2, 0.25) is 0 Å². The molecule has 72 valence electrons. The van der Waals surface area contributed by atoms with E-state index in [2.05, 4.69) is 0 Å². The van der Waals surface area contributed by atoms with Crippen LogP contribution < -0.4 is 0 Å². The molecule has 1 rings (SSSR count). The highest BCUT2D eigenvalue weighted by Crippen LogP contribution is 2.25. The number of hydrogen-bond acceptors (Lipinski definition) is 2. The fourth-order valence-corrected chi connectivity index (χ4v) is 1.70. The molecule has 3 heteroatoms. The fourth-order valence-electron chi connectivity index (χ4n) is 1.70. The molecular formula is C9H18FNO. The van der Waals surface area contributed by atoms with Gasteiger partial charge in [-0.1, -0.05) is 0 Å². The smallest absolute Gasteiger partial charge is 0.163 e. The first-order valence-corrected chi connectivity index (χ1v) is 4.57. The summed E-state index contributed by atoms with van der Waals surface area (Å²) in [6.07, 6.45) is 0.477. The summed E-state index contributed by atoms with van der Waals surface area (Å²) in [5, 5.41) is 0. The van der Waals surface area contributed by atoms with Crippen molar-refractivity contribution in [2.24, 2.45) is 0 Å². The van der Waals surface area contributed by atoms with Crippen molar-refractivity contribution in [2.45, 2.75) is 39.0 Å². The van der Waals surface area contributed by atoms with Gasteiger partial charge in [0.05, 0.1) is 13.2 Å². The number of ether oxygens (including phenoxy) is 1. The van der Waals surface area contributed by atoms with Crippen LogP contribution in [0.4, 0.5) is 4.39 Å². The summed E-state index contributed by atoms with van der Waals surface area (Å²) >= 11 is 0. The summed E-state index contributed by atoms with van der Waals surface area (Å²) < 4.78 is 19.1. The van der Waals surface area contributed by atoms with E-state index >= 15 is 0 Å². The molecule has 2 nitrogen and oxygen atoms in total. The Labute approximate surface area is 73.7 Å².